The summed E-state index contributed by atoms with van der Waals surface area (Å²) in [4.78, 5) is 16.6. The van der Waals surface area contributed by atoms with Gasteiger partial charge in [-0.15, -0.1) is 0 Å². The summed E-state index contributed by atoms with van der Waals surface area (Å²) in [6.45, 7) is 5.83. The van der Waals surface area contributed by atoms with Crippen molar-refractivity contribution in [1.29, 1.82) is 0 Å². The van der Waals surface area contributed by atoms with Crippen LogP contribution in [0.25, 0.3) is 0 Å². The Morgan fingerprint density at radius 3 is 2.43 bits per heavy atom. The second kappa shape index (κ2) is 8.74. The van der Waals surface area contributed by atoms with Gasteiger partial charge in [-0.25, -0.2) is 0 Å². The van der Waals surface area contributed by atoms with Gasteiger partial charge in [0.05, 0.1) is 6.61 Å². The molecule has 1 aliphatic heterocycles. The third-order valence-electron chi connectivity index (χ3n) is 5.34. The summed E-state index contributed by atoms with van der Waals surface area (Å²) < 4.78 is 0. The minimum Gasteiger partial charge on any atom is -0.395 e. The van der Waals surface area contributed by atoms with Gasteiger partial charge in [0.2, 0.25) is 5.91 Å². The molecule has 4 nitrogen and oxygen atoms in total. The predicted molar refractivity (Wildman–Crippen MR) is 85.1 cm³/mol. The van der Waals surface area contributed by atoms with E-state index in [2.05, 4.69) is 11.8 Å². The van der Waals surface area contributed by atoms with E-state index in [0.29, 0.717) is 5.91 Å². The lowest BCUT2D eigenvalue weighted by Gasteiger charge is -2.38. The highest BCUT2D eigenvalue weighted by Crippen LogP contribution is 2.29. The Hall–Kier alpha value is -0.610. The molecule has 4 heteroatoms. The number of aliphatic hydroxyl groups excluding tert-OH is 1. The summed E-state index contributed by atoms with van der Waals surface area (Å²) in [6, 6.07) is 0.268. The maximum atomic E-state index is 12.2. The van der Waals surface area contributed by atoms with E-state index < -0.39 is 0 Å². The average Bonchev–Trinajstić information content (AvgIpc) is 3.02. The van der Waals surface area contributed by atoms with Gasteiger partial charge in [0, 0.05) is 38.6 Å². The molecule has 1 atom stereocenters. The van der Waals surface area contributed by atoms with Gasteiger partial charge < -0.3 is 10.0 Å². The second-order valence-corrected chi connectivity index (χ2v) is 6.70. The number of aliphatic hydroxyl groups is 1. The molecular weight excluding hydrogens is 264 g/mol. The van der Waals surface area contributed by atoms with Crippen LogP contribution < -0.4 is 0 Å². The van der Waals surface area contributed by atoms with Gasteiger partial charge in [-0.1, -0.05) is 32.6 Å². The molecule has 0 aromatic heterocycles. The fourth-order valence-corrected chi connectivity index (χ4v) is 3.84. The largest absolute Gasteiger partial charge is 0.395 e. The van der Waals surface area contributed by atoms with E-state index in [1.807, 2.05) is 4.90 Å². The maximum absolute atomic E-state index is 12.2. The number of nitrogens with zero attached hydrogens (tertiary/aromatic N) is 2. The second-order valence-electron chi connectivity index (χ2n) is 6.70. The van der Waals surface area contributed by atoms with Crippen LogP contribution >= 0.6 is 0 Å². The van der Waals surface area contributed by atoms with Crippen molar-refractivity contribution < 1.29 is 9.90 Å². The van der Waals surface area contributed by atoms with Crippen LogP contribution in [0.5, 0.6) is 0 Å². The first-order valence-corrected chi connectivity index (χ1v) is 8.87. The van der Waals surface area contributed by atoms with Crippen molar-refractivity contribution in [3.8, 4) is 0 Å². The van der Waals surface area contributed by atoms with E-state index in [1.165, 1.54) is 32.1 Å². The van der Waals surface area contributed by atoms with Gasteiger partial charge in [0.15, 0.2) is 0 Å². The van der Waals surface area contributed by atoms with Crippen molar-refractivity contribution in [2.24, 2.45) is 5.92 Å². The molecule has 21 heavy (non-hydrogen) atoms. The summed E-state index contributed by atoms with van der Waals surface area (Å²) in [5.74, 6) is 1.23. The number of carbonyl (C=O) groups is 1. The molecule has 0 radical (unpaired) electrons. The first-order valence-electron chi connectivity index (χ1n) is 8.87. The predicted octanol–water partition coefficient (Wildman–Crippen LogP) is 2.26. The van der Waals surface area contributed by atoms with Gasteiger partial charge in [0.25, 0.3) is 0 Å². The summed E-state index contributed by atoms with van der Waals surface area (Å²) in [6.07, 6.45) is 9.57. The van der Waals surface area contributed by atoms with Crippen LogP contribution in [0.4, 0.5) is 0 Å². The smallest absolute Gasteiger partial charge is 0.222 e. The monoisotopic (exact) mass is 296 g/mol. The van der Waals surface area contributed by atoms with Crippen molar-refractivity contribution in [3.63, 3.8) is 0 Å². The first-order chi connectivity index (χ1) is 10.2. The fraction of sp³-hybridized carbons (Fsp3) is 0.941. The Morgan fingerprint density at radius 2 is 1.86 bits per heavy atom. The molecule has 1 heterocycles. The quantitative estimate of drug-likeness (QED) is 0.784. The lowest BCUT2D eigenvalue weighted by atomic mass is 10.0. The lowest BCUT2D eigenvalue weighted by Crippen LogP contribution is -2.52. The van der Waals surface area contributed by atoms with Gasteiger partial charge in [-0.2, -0.15) is 0 Å². The molecule has 1 amide bonds. The van der Waals surface area contributed by atoms with Crippen molar-refractivity contribution >= 4 is 5.91 Å². The number of piperazine rings is 1. The highest BCUT2D eigenvalue weighted by Gasteiger charge is 2.24. The Morgan fingerprint density at radius 1 is 1.19 bits per heavy atom. The topological polar surface area (TPSA) is 43.8 Å². The Balaban J connectivity index is 1.63. The summed E-state index contributed by atoms with van der Waals surface area (Å²) >= 11 is 0. The third-order valence-corrected chi connectivity index (χ3v) is 5.34. The van der Waals surface area contributed by atoms with Crippen LogP contribution in [0.3, 0.4) is 0 Å². The van der Waals surface area contributed by atoms with E-state index >= 15 is 0 Å². The normalized spacial score (nSPS) is 22.7. The Bertz CT molecular complexity index is 304. The molecule has 0 spiro atoms. The standard InChI is InChI=1S/C17H32N2O2/c1-2-16(14-20)18-10-12-19(13-11-18)17(21)9-5-8-15-6-3-4-7-15/h15-16,20H,2-14H2,1H3. The molecule has 2 fully saturated rings. The molecule has 1 N–H and O–H groups in total. The van der Waals surface area contributed by atoms with Crippen LogP contribution in [0.2, 0.25) is 0 Å². The number of hydrogen-bond donors (Lipinski definition) is 1. The summed E-state index contributed by atoms with van der Waals surface area (Å²) in [7, 11) is 0. The summed E-state index contributed by atoms with van der Waals surface area (Å²) in [5.41, 5.74) is 0. The zero-order valence-electron chi connectivity index (χ0n) is 13.6. The molecule has 2 aliphatic rings. The van der Waals surface area contributed by atoms with E-state index in [4.69, 9.17) is 0 Å². The van der Waals surface area contributed by atoms with Crippen molar-refractivity contribution in [1.82, 2.24) is 9.80 Å². The fourth-order valence-electron chi connectivity index (χ4n) is 3.84. The van der Waals surface area contributed by atoms with Crippen LogP contribution in [0.1, 0.15) is 58.3 Å². The number of rotatable bonds is 7. The van der Waals surface area contributed by atoms with Gasteiger partial charge in [-0.3, -0.25) is 9.69 Å². The molecular formula is C17H32N2O2. The number of amides is 1. The number of carbonyl (C=O) groups excluding carboxylic acids is 1. The minimum absolute atomic E-state index is 0.228. The lowest BCUT2D eigenvalue weighted by molar-refractivity contribution is -0.133. The van der Waals surface area contributed by atoms with E-state index in [9.17, 15) is 9.90 Å². The van der Waals surface area contributed by atoms with Crippen LogP contribution in [0.15, 0.2) is 0 Å². The zero-order valence-corrected chi connectivity index (χ0v) is 13.6. The van der Waals surface area contributed by atoms with Crippen molar-refractivity contribution in [2.45, 2.75) is 64.3 Å². The molecule has 0 aromatic carbocycles. The Kier molecular flexibility index (Phi) is 6.97. The molecule has 1 saturated heterocycles. The summed E-state index contributed by atoms with van der Waals surface area (Å²) in [5, 5.41) is 9.35. The molecule has 0 aromatic rings. The highest BCUT2D eigenvalue weighted by molar-refractivity contribution is 5.76. The SMILES string of the molecule is CCC(CO)N1CCN(C(=O)CCCC2CCCC2)CC1. The Labute approximate surface area is 129 Å². The maximum Gasteiger partial charge on any atom is 0.222 e. The zero-order chi connectivity index (χ0) is 15.1. The van der Waals surface area contributed by atoms with Crippen molar-refractivity contribution in [3.05, 3.63) is 0 Å². The molecule has 0 bridgehead atoms. The van der Waals surface area contributed by atoms with E-state index in [1.54, 1.807) is 0 Å². The van der Waals surface area contributed by atoms with Gasteiger partial charge >= 0.3 is 0 Å². The first kappa shape index (κ1) is 16.8. The molecule has 2 rings (SSSR count). The molecule has 1 aliphatic carbocycles. The molecule has 1 saturated carbocycles. The van der Waals surface area contributed by atoms with Gasteiger partial charge in [0.1, 0.15) is 0 Å². The van der Waals surface area contributed by atoms with Crippen LogP contribution in [-0.4, -0.2) is 59.6 Å². The molecule has 122 valence electrons. The van der Waals surface area contributed by atoms with Crippen LogP contribution in [0, 0.1) is 5.92 Å². The van der Waals surface area contributed by atoms with Crippen LogP contribution in [-0.2, 0) is 4.79 Å². The third kappa shape index (κ3) is 4.96. The average molecular weight is 296 g/mol. The molecule has 1 unspecified atom stereocenters. The van der Waals surface area contributed by atoms with Gasteiger partial charge in [-0.05, 0) is 25.2 Å². The highest BCUT2D eigenvalue weighted by atomic mass is 16.3. The van der Waals surface area contributed by atoms with E-state index in [0.717, 1.165) is 51.4 Å². The van der Waals surface area contributed by atoms with Crippen molar-refractivity contribution in [2.75, 3.05) is 32.8 Å². The number of hydrogen-bond acceptors (Lipinski definition) is 3. The van der Waals surface area contributed by atoms with E-state index in [-0.39, 0.29) is 12.6 Å². The minimum atomic E-state index is 0.228.